The van der Waals surface area contributed by atoms with Crippen LogP contribution in [0.5, 0.6) is 0 Å². The van der Waals surface area contributed by atoms with E-state index in [1.165, 1.54) is 6.07 Å². The number of aromatic nitrogens is 2. The summed E-state index contributed by atoms with van der Waals surface area (Å²) in [6.07, 6.45) is 2.00. The molecule has 1 N–H and O–H groups in total. The van der Waals surface area contributed by atoms with Crippen LogP contribution in [0.15, 0.2) is 42.5 Å². The molecule has 2 aliphatic rings. The number of aryl methyl sites for hydroxylation is 1. The second-order valence-corrected chi connectivity index (χ2v) is 8.11. The Bertz CT molecular complexity index is 1080. The zero-order valence-electron chi connectivity index (χ0n) is 17.1. The van der Waals surface area contributed by atoms with E-state index in [1.54, 1.807) is 0 Å². The normalized spacial score (nSPS) is 19.6. The molecule has 0 unspecified atom stereocenters. The summed E-state index contributed by atoms with van der Waals surface area (Å²) in [4.78, 5) is 21.5. The molecule has 30 heavy (non-hydrogen) atoms. The van der Waals surface area contributed by atoms with E-state index in [9.17, 15) is 9.18 Å². The number of nitrogens with zero attached hydrogens (tertiary/aromatic N) is 4. The first-order valence-corrected chi connectivity index (χ1v) is 10.6. The number of amides is 1. The third-order valence-electron chi connectivity index (χ3n) is 6.29. The Kier molecular flexibility index (Phi) is 4.90. The molecule has 1 atom stereocenters. The molecule has 156 valence electrons. The Morgan fingerprint density at radius 2 is 1.93 bits per heavy atom. The van der Waals surface area contributed by atoms with Crippen molar-refractivity contribution in [1.82, 2.24) is 19.8 Å². The van der Waals surface area contributed by atoms with Gasteiger partial charge in [-0.15, -0.1) is 0 Å². The van der Waals surface area contributed by atoms with Gasteiger partial charge >= 0.3 is 0 Å². The molecule has 2 saturated heterocycles. The van der Waals surface area contributed by atoms with Gasteiger partial charge in [0, 0.05) is 38.9 Å². The Labute approximate surface area is 175 Å². The minimum Gasteiger partial charge on any atom is -0.368 e. The quantitative estimate of drug-likeness (QED) is 0.726. The first-order chi connectivity index (χ1) is 14.6. The molecule has 3 aromatic rings. The van der Waals surface area contributed by atoms with Crippen molar-refractivity contribution in [3.8, 4) is 11.4 Å². The van der Waals surface area contributed by atoms with Gasteiger partial charge in [-0.25, -0.2) is 9.37 Å². The van der Waals surface area contributed by atoms with E-state index >= 15 is 0 Å². The van der Waals surface area contributed by atoms with Gasteiger partial charge in [0.15, 0.2) is 0 Å². The number of carbonyl (C=O) groups is 1. The fourth-order valence-corrected chi connectivity index (χ4v) is 4.57. The van der Waals surface area contributed by atoms with Crippen LogP contribution < -0.4 is 10.2 Å². The molecule has 3 heterocycles. The summed E-state index contributed by atoms with van der Waals surface area (Å²) in [5.74, 6) is 0.557. The van der Waals surface area contributed by atoms with Crippen LogP contribution in [-0.4, -0.2) is 59.1 Å². The van der Waals surface area contributed by atoms with Crippen LogP contribution in [0, 0.1) is 5.82 Å². The number of hydrogen-bond acceptors (Lipinski definition) is 4. The second-order valence-electron chi connectivity index (χ2n) is 8.11. The maximum Gasteiger partial charge on any atom is 0.239 e. The fourth-order valence-electron chi connectivity index (χ4n) is 4.57. The number of fused-ring (bicyclic) bond motifs is 1. The lowest BCUT2D eigenvalue weighted by molar-refractivity contribution is -0.133. The summed E-state index contributed by atoms with van der Waals surface area (Å²) < 4.78 is 16.7. The van der Waals surface area contributed by atoms with Crippen LogP contribution in [0.3, 0.4) is 0 Å². The summed E-state index contributed by atoms with van der Waals surface area (Å²) in [6.45, 7) is 3.79. The molecule has 1 aromatic heterocycles. The Balaban J connectivity index is 1.36. The molecule has 0 bridgehead atoms. The third-order valence-corrected chi connectivity index (χ3v) is 6.29. The zero-order chi connectivity index (χ0) is 20.7. The molecule has 0 saturated carbocycles. The van der Waals surface area contributed by atoms with Crippen LogP contribution in [-0.2, 0) is 11.8 Å². The molecule has 2 aromatic carbocycles. The number of para-hydroxylation sites is 2. The summed E-state index contributed by atoms with van der Waals surface area (Å²) in [7, 11) is 1.91. The van der Waals surface area contributed by atoms with E-state index in [4.69, 9.17) is 0 Å². The van der Waals surface area contributed by atoms with Gasteiger partial charge in [-0.05, 0) is 49.7 Å². The molecular formula is C23H26FN5O. The number of anilines is 1. The van der Waals surface area contributed by atoms with E-state index in [-0.39, 0.29) is 17.8 Å². The number of halogens is 1. The lowest BCUT2D eigenvalue weighted by Gasteiger charge is -2.37. The van der Waals surface area contributed by atoms with E-state index in [0.29, 0.717) is 24.5 Å². The van der Waals surface area contributed by atoms with Gasteiger partial charge in [0.25, 0.3) is 0 Å². The predicted octanol–water partition coefficient (Wildman–Crippen LogP) is 2.78. The van der Waals surface area contributed by atoms with E-state index in [2.05, 4.69) is 15.2 Å². The van der Waals surface area contributed by atoms with Crippen LogP contribution in [0.25, 0.3) is 22.4 Å². The number of piperazine rings is 1. The predicted molar refractivity (Wildman–Crippen MR) is 116 cm³/mol. The van der Waals surface area contributed by atoms with Gasteiger partial charge in [0.1, 0.15) is 11.6 Å². The van der Waals surface area contributed by atoms with Crippen molar-refractivity contribution in [2.24, 2.45) is 7.05 Å². The number of hydrogen-bond donors (Lipinski definition) is 1. The van der Waals surface area contributed by atoms with Crippen molar-refractivity contribution >= 4 is 22.6 Å². The number of carbonyl (C=O) groups excluding carboxylic acids is 1. The van der Waals surface area contributed by atoms with Crippen molar-refractivity contribution in [3.05, 3.63) is 48.3 Å². The third kappa shape index (κ3) is 3.33. The molecule has 0 spiro atoms. The minimum atomic E-state index is -0.279. The smallest absolute Gasteiger partial charge is 0.239 e. The van der Waals surface area contributed by atoms with Gasteiger partial charge in [-0.2, -0.15) is 0 Å². The van der Waals surface area contributed by atoms with Gasteiger partial charge in [0.2, 0.25) is 5.91 Å². The number of nitrogens with one attached hydrogen (secondary N) is 1. The standard InChI is InChI=1S/C23H26FN5O/c1-27-21-7-3-2-5-19(21)26-22(27)17-15-16(8-9-18(17)24)28-11-13-29(14-12-28)23(30)20-6-4-10-25-20/h2-3,5,7-9,15,20,25H,4,6,10-14H2,1H3/t20-/m0/s1. The van der Waals surface area contributed by atoms with E-state index in [0.717, 1.165) is 49.2 Å². The highest BCUT2D eigenvalue weighted by Crippen LogP contribution is 2.30. The minimum absolute atomic E-state index is 0.0217. The molecule has 0 aliphatic carbocycles. The van der Waals surface area contributed by atoms with Crippen molar-refractivity contribution in [2.75, 3.05) is 37.6 Å². The fraction of sp³-hybridized carbons (Fsp3) is 0.391. The van der Waals surface area contributed by atoms with E-state index < -0.39 is 0 Å². The van der Waals surface area contributed by atoms with Crippen molar-refractivity contribution in [3.63, 3.8) is 0 Å². The molecule has 2 aliphatic heterocycles. The maximum absolute atomic E-state index is 14.7. The van der Waals surface area contributed by atoms with Gasteiger partial charge in [-0.1, -0.05) is 12.1 Å². The Morgan fingerprint density at radius 3 is 2.67 bits per heavy atom. The monoisotopic (exact) mass is 407 g/mol. The summed E-state index contributed by atoms with van der Waals surface area (Å²) in [5.41, 5.74) is 3.29. The first-order valence-electron chi connectivity index (χ1n) is 10.6. The van der Waals surface area contributed by atoms with Crippen LogP contribution >= 0.6 is 0 Å². The molecule has 5 rings (SSSR count). The zero-order valence-corrected chi connectivity index (χ0v) is 17.1. The van der Waals surface area contributed by atoms with Crippen LogP contribution in [0.2, 0.25) is 0 Å². The molecule has 1 amide bonds. The topological polar surface area (TPSA) is 53.4 Å². The number of rotatable bonds is 3. The molecular weight excluding hydrogens is 381 g/mol. The lowest BCUT2D eigenvalue weighted by Crippen LogP contribution is -2.53. The van der Waals surface area contributed by atoms with Gasteiger partial charge < -0.3 is 19.7 Å². The highest BCUT2D eigenvalue weighted by atomic mass is 19.1. The number of imidazole rings is 1. The lowest BCUT2D eigenvalue weighted by atomic mass is 10.1. The van der Waals surface area contributed by atoms with Gasteiger partial charge in [-0.3, -0.25) is 4.79 Å². The Morgan fingerprint density at radius 1 is 1.13 bits per heavy atom. The summed E-state index contributed by atoms with van der Waals surface area (Å²) in [6, 6.07) is 13.0. The Hall–Kier alpha value is -2.93. The highest BCUT2D eigenvalue weighted by molar-refractivity contribution is 5.83. The average molecular weight is 407 g/mol. The molecule has 7 heteroatoms. The molecule has 6 nitrogen and oxygen atoms in total. The van der Waals surface area contributed by atoms with Crippen molar-refractivity contribution < 1.29 is 9.18 Å². The van der Waals surface area contributed by atoms with Crippen LogP contribution in [0.1, 0.15) is 12.8 Å². The first kappa shape index (κ1) is 19.1. The van der Waals surface area contributed by atoms with E-state index in [1.807, 2.05) is 52.9 Å². The molecule has 0 radical (unpaired) electrons. The maximum atomic E-state index is 14.7. The van der Waals surface area contributed by atoms with Crippen molar-refractivity contribution in [1.29, 1.82) is 0 Å². The highest BCUT2D eigenvalue weighted by Gasteiger charge is 2.29. The SMILES string of the molecule is Cn1c(-c2cc(N3CCN(C(=O)[C@@H]4CCCN4)CC3)ccc2F)nc2ccccc21. The largest absolute Gasteiger partial charge is 0.368 e. The molecule has 2 fully saturated rings. The second kappa shape index (κ2) is 7.72. The number of benzene rings is 2. The van der Waals surface area contributed by atoms with Crippen LogP contribution in [0.4, 0.5) is 10.1 Å². The summed E-state index contributed by atoms with van der Waals surface area (Å²) >= 11 is 0. The van der Waals surface area contributed by atoms with Gasteiger partial charge in [0.05, 0.1) is 22.6 Å². The summed E-state index contributed by atoms with van der Waals surface area (Å²) in [5, 5.41) is 3.29. The average Bonchev–Trinajstić information content (AvgIpc) is 3.43. The van der Waals surface area contributed by atoms with Crippen molar-refractivity contribution in [2.45, 2.75) is 18.9 Å².